The van der Waals surface area contributed by atoms with Gasteiger partial charge in [0.2, 0.25) is 5.91 Å². The quantitative estimate of drug-likeness (QED) is 0.136. The van der Waals surface area contributed by atoms with E-state index in [0.29, 0.717) is 59.1 Å². The van der Waals surface area contributed by atoms with Gasteiger partial charge in [-0.2, -0.15) is 0 Å². The van der Waals surface area contributed by atoms with Crippen molar-refractivity contribution in [3.05, 3.63) is 111 Å². The van der Waals surface area contributed by atoms with Gasteiger partial charge in [0.15, 0.2) is 5.82 Å². The molecule has 5 aromatic rings. The van der Waals surface area contributed by atoms with Crippen molar-refractivity contribution in [1.29, 1.82) is 0 Å². The average Bonchev–Trinajstić information content (AvgIpc) is 3.79. The number of primary amides is 1. The number of piperidine rings is 1. The average molecular weight is 880 g/mol. The van der Waals surface area contributed by atoms with Crippen molar-refractivity contribution >= 4 is 46.7 Å². The van der Waals surface area contributed by atoms with E-state index in [4.69, 9.17) is 15.7 Å². The summed E-state index contributed by atoms with van der Waals surface area (Å²) in [5.74, 6) is 1.20. The second-order valence-corrected chi connectivity index (χ2v) is 19.3. The number of aliphatic hydroxyl groups is 1. The highest BCUT2D eigenvalue weighted by molar-refractivity contribution is 6.06. The van der Waals surface area contributed by atoms with E-state index < -0.39 is 12.5 Å². The normalized spacial score (nSPS) is 19.0. The van der Waals surface area contributed by atoms with Crippen molar-refractivity contribution in [2.75, 3.05) is 59.3 Å². The van der Waals surface area contributed by atoms with Gasteiger partial charge in [-0.05, 0) is 98.0 Å². The molecule has 15 heteroatoms. The van der Waals surface area contributed by atoms with Crippen LogP contribution in [0.4, 0.5) is 28.8 Å². The van der Waals surface area contributed by atoms with Crippen molar-refractivity contribution in [2.24, 2.45) is 18.2 Å². The first-order valence-electron chi connectivity index (χ1n) is 23.0. The van der Waals surface area contributed by atoms with Gasteiger partial charge in [-0.15, -0.1) is 0 Å². The van der Waals surface area contributed by atoms with E-state index in [-0.39, 0.29) is 28.7 Å². The van der Waals surface area contributed by atoms with E-state index in [1.807, 2.05) is 24.3 Å². The van der Waals surface area contributed by atoms with Crippen LogP contribution >= 0.6 is 0 Å². The second-order valence-electron chi connectivity index (χ2n) is 19.3. The molecule has 4 aromatic heterocycles. The Morgan fingerprint density at radius 2 is 1.80 bits per heavy atom. The first-order valence-corrected chi connectivity index (χ1v) is 23.0. The predicted molar refractivity (Wildman–Crippen MR) is 256 cm³/mol. The maximum Gasteiger partial charge on any atom is 0.293 e. The highest BCUT2D eigenvalue weighted by Crippen LogP contribution is 2.40. The maximum atomic E-state index is 14.0. The summed E-state index contributed by atoms with van der Waals surface area (Å²) in [6, 6.07) is 16.6. The number of nitrogens with two attached hydrogens (primary N) is 1. The Hall–Kier alpha value is -6.32. The number of fused-ring (bicyclic) bond motifs is 3. The molecular formula is C50H61N11O4. The molecule has 0 spiro atoms. The minimum Gasteiger partial charge on any atom is -0.392 e. The summed E-state index contributed by atoms with van der Waals surface area (Å²) in [5, 5.41) is 14.1. The maximum absolute atomic E-state index is 14.0. The lowest BCUT2D eigenvalue weighted by atomic mass is 9.90. The van der Waals surface area contributed by atoms with Crippen LogP contribution in [0, 0.1) is 5.41 Å². The minimum absolute atomic E-state index is 0.0746. The van der Waals surface area contributed by atoms with Crippen molar-refractivity contribution < 1.29 is 14.7 Å². The highest BCUT2D eigenvalue weighted by Gasteiger charge is 2.38. The number of pyridine rings is 2. The van der Waals surface area contributed by atoms with Crippen molar-refractivity contribution in [1.82, 2.24) is 29.0 Å². The molecule has 2 fully saturated rings. The topological polar surface area (TPSA) is 171 Å². The summed E-state index contributed by atoms with van der Waals surface area (Å²) in [7, 11) is 1.65. The summed E-state index contributed by atoms with van der Waals surface area (Å²) in [4.78, 5) is 63.1. The number of benzene rings is 1. The SMILES string of the molecule is CC(C)c1cccc(N2CCC(N3CCN(c4ccc(Nc5nc(-c6ccnc(N7CCn8c(cc9c8CC(C)(C)C9)C7=O)c6CO)cn(C)c5=O)cc4C=CC(N)=O)[C@@H](C)C3)CC2)n1. The molecule has 0 radical (unpaired) electrons. The number of carbonyl (C=O) groups is 2. The zero-order chi connectivity index (χ0) is 45.7. The summed E-state index contributed by atoms with van der Waals surface area (Å²) in [5.41, 5.74) is 13.4. The van der Waals surface area contributed by atoms with Crippen molar-refractivity contribution in [3.8, 4) is 11.3 Å². The fourth-order valence-electron chi connectivity index (χ4n) is 10.4. The monoisotopic (exact) mass is 879 g/mol. The smallest absolute Gasteiger partial charge is 0.293 e. The molecule has 9 rings (SSSR count). The Morgan fingerprint density at radius 1 is 1.00 bits per heavy atom. The molecule has 1 aliphatic carbocycles. The molecular weight excluding hydrogens is 819 g/mol. The molecule has 340 valence electrons. The molecule has 0 unspecified atom stereocenters. The zero-order valence-corrected chi connectivity index (χ0v) is 38.4. The first kappa shape index (κ1) is 43.9. The number of nitrogens with one attached hydrogen (secondary N) is 1. The molecule has 2 saturated heterocycles. The molecule has 0 saturated carbocycles. The van der Waals surface area contributed by atoms with Crippen LogP contribution in [0.15, 0.2) is 71.8 Å². The number of hydrogen-bond donors (Lipinski definition) is 3. The molecule has 3 aliphatic heterocycles. The van der Waals surface area contributed by atoms with Gasteiger partial charge in [-0.3, -0.25) is 24.2 Å². The van der Waals surface area contributed by atoms with E-state index in [9.17, 15) is 19.5 Å². The number of piperazine rings is 1. The first-order chi connectivity index (χ1) is 31.2. The van der Waals surface area contributed by atoms with Gasteiger partial charge in [0.1, 0.15) is 17.3 Å². The summed E-state index contributed by atoms with van der Waals surface area (Å²) >= 11 is 0. The number of anilines is 5. The molecule has 65 heavy (non-hydrogen) atoms. The van der Waals surface area contributed by atoms with Gasteiger partial charge < -0.3 is 35.1 Å². The second kappa shape index (κ2) is 17.6. The van der Waals surface area contributed by atoms with E-state index in [2.05, 4.69) is 82.4 Å². The summed E-state index contributed by atoms with van der Waals surface area (Å²) in [6.45, 7) is 16.3. The molecule has 0 bridgehead atoms. The molecule has 15 nitrogen and oxygen atoms in total. The van der Waals surface area contributed by atoms with Crippen LogP contribution < -0.4 is 31.3 Å². The molecule has 1 atom stereocenters. The van der Waals surface area contributed by atoms with Crippen LogP contribution in [0.3, 0.4) is 0 Å². The third kappa shape index (κ3) is 8.66. The Morgan fingerprint density at radius 3 is 2.54 bits per heavy atom. The lowest BCUT2D eigenvalue weighted by Gasteiger charge is -2.47. The largest absolute Gasteiger partial charge is 0.392 e. The van der Waals surface area contributed by atoms with Crippen LogP contribution in [-0.4, -0.2) is 97.3 Å². The molecule has 7 heterocycles. The van der Waals surface area contributed by atoms with Gasteiger partial charge in [0, 0.05) is 123 Å². The Labute approximate surface area is 380 Å². The summed E-state index contributed by atoms with van der Waals surface area (Å²) in [6.07, 6.45) is 10.3. The zero-order valence-electron chi connectivity index (χ0n) is 38.4. The molecule has 2 amide bonds. The number of aryl methyl sites for hydroxylation is 1. The van der Waals surface area contributed by atoms with Gasteiger partial charge in [-0.1, -0.05) is 33.8 Å². The number of rotatable bonds is 11. The number of nitrogens with zero attached hydrogens (tertiary/aromatic N) is 9. The number of hydrogen-bond acceptors (Lipinski definition) is 11. The van der Waals surface area contributed by atoms with Gasteiger partial charge in [0.25, 0.3) is 11.5 Å². The van der Waals surface area contributed by atoms with Crippen LogP contribution in [0.2, 0.25) is 0 Å². The van der Waals surface area contributed by atoms with Gasteiger partial charge in [0.05, 0.1) is 12.3 Å². The third-order valence-corrected chi connectivity index (χ3v) is 13.8. The minimum atomic E-state index is -0.558. The van der Waals surface area contributed by atoms with E-state index in [1.165, 1.54) is 21.9 Å². The van der Waals surface area contributed by atoms with E-state index in [1.54, 1.807) is 36.5 Å². The number of aromatic nitrogens is 5. The Balaban J connectivity index is 0.925. The van der Waals surface area contributed by atoms with Crippen LogP contribution in [-0.2, 0) is 37.8 Å². The van der Waals surface area contributed by atoms with Crippen molar-refractivity contribution in [2.45, 2.75) is 91.5 Å². The van der Waals surface area contributed by atoms with E-state index in [0.717, 1.165) is 81.2 Å². The fraction of sp³-hybridized carbons (Fsp3) is 0.440. The number of aliphatic hydroxyl groups excluding tert-OH is 1. The molecule has 1 aromatic carbocycles. The Bertz CT molecular complexity index is 2730. The van der Waals surface area contributed by atoms with Gasteiger partial charge >= 0.3 is 0 Å². The predicted octanol–water partition coefficient (Wildman–Crippen LogP) is 5.86. The molecule has 4 N–H and O–H groups in total. The van der Waals surface area contributed by atoms with Gasteiger partial charge in [-0.25, -0.2) is 15.0 Å². The van der Waals surface area contributed by atoms with E-state index >= 15 is 0 Å². The van der Waals surface area contributed by atoms with Crippen LogP contribution in [0.1, 0.15) is 91.9 Å². The lowest BCUT2D eigenvalue weighted by molar-refractivity contribution is -0.113. The number of carbonyl (C=O) groups excluding carboxylic acids is 2. The lowest BCUT2D eigenvalue weighted by Crippen LogP contribution is -2.57. The standard InChI is InChI=1S/C50H61N11O4/c1-31(2)39-8-7-9-45(54-39)57-18-15-36(16-19-57)58-20-21-59(32(3)28-58)41-12-11-35(24-33(41)10-13-44(51)63)53-46-49(65)56(6)29-40(55-46)37-14-17-52-47(38(37)30-62)61-23-22-60-42(48(61)64)25-34-26-50(4,5)27-43(34)60/h7-14,17,24-25,29,31-32,36,62H,15-16,18-23,26-28,30H2,1-6H3,(H2,51,63)(H,53,55)/t32-/m0/s1. The molecule has 4 aliphatic rings. The number of amides is 2. The fourth-order valence-corrected chi connectivity index (χ4v) is 10.4. The van der Waals surface area contributed by atoms with Crippen molar-refractivity contribution in [3.63, 3.8) is 0 Å². The summed E-state index contributed by atoms with van der Waals surface area (Å²) < 4.78 is 3.60. The third-order valence-electron chi connectivity index (χ3n) is 13.8. The Kier molecular flexibility index (Phi) is 11.9. The van der Waals surface area contributed by atoms with Crippen LogP contribution in [0.5, 0.6) is 0 Å². The highest BCUT2D eigenvalue weighted by atomic mass is 16.3. The van der Waals surface area contributed by atoms with Crippen LogP contribution in [0.25, 0.3) is 17.3 Å².